The molecule has 4 aromatic rings. The Morgan fingerprint density at radius 1 is 1.03 bits per heavy atom. The van der Waals surface area contributed by atoms with Gasteiger partial charge in [0.1, 0.15) is 29.3 Å². The number of anilines is 1. The van der Waals surface area contributed by atoms with Gasteiger partial charge < -0.3 is 19.8 Å². The van der Waals surface area contributed by atoms with Gasteiger partial charge in [0.2, 0.25) is 0 Å². The summed E-state index contributed by atoms with van der Waals surface area (Å²) in [5.74, 6) is 2.04. The summed E-state index contributed by atoms with van der Waals surface area (Å²) < 4.78 is 14.6. The molecule has 0 saturated carbocycles. The third-order valence-corrected chi connectivity index (χ3v) is 5.92. The molecule has 1 saturated heterocycles. The number of benzene rings is 2. The third kappa shape index (κ3) is 3.26. The van der Waals surface area contributed by atoms with Crippen LogP contribution in [0.1, 0.15) is 12.5 Å². The Morgan fingerprint density at radius 3 is 2.52 bits per heavy atom. The molecule has 5 rings (SSSR count). The minimum atomic E-state index is 0.218. The Kier molecular flexibility index (Phi) is 4.69. The predicted octanol–water partition coefficient (Wildman–Crippen LogP) is 5.20. The highest BCUT2D eigenvalue weighted by Crippen LogP contribution is 2.43. The summed E-state index contributed by atoms with van der Waals surface area (Å²) in [7, 11) is 0. The van der Waals surface area contributed by atoms with Crippen molar-refractivity contribution in [3.63, 3.8) is 0 Å². The highest BCUT2D eigenvalue weighted by Gasteiger charge is 2.27. The first-order chi connectivity index (χ1) is 14.2. The zero-order valence-corrected chi connectivity index (χ0v) is 17.2. The van der Waals surface area contributed by atoms with Gasteiger partial charge in [0.05, 0.1) is 22.6 Å². The van der Waals surface area contributed by atoms with Crippen molar-refractivity contribution < 1.29 is 9.47 Å². The number of hydrogen-bond acceptors (Lipinski definition) is 5. The molecular formula is C22H19BrN4O2. The molecule has 0 aliphatic carbocycles. The zero-order valence-electron chi connectivity index (χ0n) is 15.6. The first kappa shape index (κ1) is 18.1. The Morgan fingerprint density at radius 2 is 1.79 bits per heavy atom. The SMILES string of the molecule is Nc1ncnc2c1c(-c1ccc(Oc3ccccc3)cc1)c(Br)n2C1CCOC1. The Balaban J connectivity index is 1.59. The second kappa shape index (κ2) is 7.50. The van der Waals surface area contributed by atoms with Gasteiger partial charge in [-0.25, -0.2) is 9.97 Å². The van der Waals surface area contributed by atoms with Gasteiger partial charge in [-0.3, -0.25) is 0 Å². The number of nitrogen functional groups attached to an aromatic ring is 1. The number of ether oxygens (including phenoxy) is 2. The van der Waals surface area contributed by atoms with Gasteiger partial charge in [-0.05, 0) is 52.2 Å². The molecule has 2 N–H and O–H groups in total. The summed E-state index contributed by atoms with van der Waals surface area (Å²) in [6.45, 7) is 1.41. The van der Waals surface area contributed by atoms with Crippen LogP contribution in [0.3, 0.4) is 0 Å². The standard InChI is InChI=1S/C22H19BrN4O2/c23-20-18(14-6-8-17(9-7-14)29-16-4-2-1-3-5-16)19-21(24)25-13-26-22(19)27(20)15-10-11-28-12-15/h1-9,13,15H,10-12H2,(H2,24,25,26). The van der Waals surface area contributed by atoms with Gasteiger partial charge in [0.15, 0.2) is 0 Å². The average Bonchev–Trinajstić information content (AvgIpc) is 3.36. The number of nitrogens with zero attached hydrogens (tertiary/aromatic N) is 3. The van der Waals surface area contributed by atoms with Crippen LogP contribution in [0.4, 0.5) is 5.82 Å². The molecule has 0 spiro atoms. The fraction of sp³-hybridized carbons (Fsp3) is 0.182. The summed E-state index contributed by atoms with van der Waals surface area (Å²) in [4.78, 5) is 8.75. The van der Waals surface area contributed by atoms with Crippen molar-refractivity contribution in [3.05, 3.63) is 65.5 Å². The molecule has 0 amide bonds. The largest absolute Gasteiger partial charge is 0.457 e. The van der Waals surface area contributed by atoms with E-state index in [1.807, 2.05) is 54.6 Å². The van der Waals surface area contributed by atoms with Gasteiger partial charge in [-0.15, -0.1) is 0 Å². The van der Waals surface area contributed by atoms with Crippen molar-refractivity contribution in [3.8, 4) is 22.6 Å². The first-order valence-corrected chi connectivity index (χ1v) is 10.2. The molecule has 1 fully saturated rings. The number of rotatable bonds is 4. The van der Waals surface area contributed by atoms with Crippen LogP contribution in [0.25, 0.3) is 22.2 Å². The van der Waals surface area contributed by atoms with E-state index in [1.54, 1.807) is 0 Å². The van der Waals surface area contributed by atoms with Crippen molar-refractivity contribution in [1.29, 1.82) is 0 Å². The van der Waals surface area contributed by atoms with E-state index in [-0.39, 0.29) is 6.04 Å². The molecule has 1 aliphatic rings. The third-order valence-electron chi connectivity index (χ3n) is 5.15. The van der Waals surface area contributed by atoms with Crippen LogP contribution in [-0.2, 0) is 4.74 Å². The summed E-state index contributed by atoms with van der Waals surface area (Å²) in [5.41, 5.74) is 9.08. The molecule has 2 aromatic carbocycles. The summed E-state index contributed by atoms with van der Waals surface area (Å²) in [5, 5.41) is 0.850. The van der Waals surface area contributed by atoms with Gasteiger partial charge in [-0.2, -0.15) is 0 Å². The molecule has 6 nitrogen and oxygen atoms in total. The molecule has 29 heavy (non-hydrogen) atoms. The number of fused-ring (bicyclic) bond motifs is 1. The van der Waals surface area contributed by atoms with Crippen molar-refractivity contribution in [1.82, 2.24) is 14.5 Å². The molecule has 1 atom stereocenters. The van der Waals surface area contributed by atoms with Crippen LogP contribution in [0, 0.1) is 0 Å². The normalized spacial score (nSPS) is 16.4. The first-order valence-electron chi connectivity index (χ1n) is 9.43. The maximum absolute atomic E-state index is 6.27. The lowest BCUT2D eigenvalue weighted by atomic mass is 10.1. The topological polar surface area (TPSA) is 75.2 Å². The van der Waals surface area contributed by atoms with Crippen molar-refractivity contribution in [2.24, 2.45) is 0 Å². The molecular weight excluding hydrogens is 432 g/mol. The Bertz CT molecular complexity index is 1150. The van der Waals surface area contributed by atoms with E-state index in [0.717, 1.165) is 51.3 Å². The van der Waals surface area contributed by atoms with E-state index in [1.165, 1.54) is 6.33 Å². The molecule has 2 aromatic heterocycles. The number of halogens is 1. The second-order valence-electron chi connectivity index (χ2n) is 6.95. The van der Waals surface area contributed by atoms with Crippen LogP contribution < -0.4 is 10.5 Å². The van der Waals surface area contributed by atoms with Crippen molar-refractivity contribution in [2.75, 3.05) is 18.9 Å². The lowest BCUT2D eigenvalue weighted by Crippen LogP contribution is -2.09. The molecule has 146 valence electrons. The van der Waals surface area contributed by atoms with Gasteiger partial charge in [0, 0.05) is 12.2 Å². The fourth-order valence-electron chi connectivity index (χ4n) is 3.77. The average molecular weight is 451 g/mol. The monoisotopic (exact) mass is 450 g/mol. The van der Waals surface area contributed by atoms with Crippen LogP contribution >= 0.6 is 15.9 Å². The zero-order chi connectivity index (χ0) is 19.8. The molecule has 1 aliphatic heterocycles. The molecule has 0 bridgehead atoms. The molecule has 7 heteroatoms. The van der Waals surface area contributed by atoms with Crippen LogP contribution in [0.5, 0.6) is 11.5 Å². The lowest BCUT2D eigenvalue weighted by Gasteiger charge is -2.13. The molecule has 0 radical (unpaired) electrons. The number of para-hydroxylation sites is 1. The Labute approximate surface area is 176 Å². The summed E-state index contributed by atoms with van der Waals surface area (Å²) >= 11 is 3.80. The summed E-state index contributed by atoms with van der Waals surface area (Å²) in [6.07, 6.45) is 2.45. The second-order valence-corrected chi connectivity index (χ2v) is 7.70. The van der Waals surface area contributed by atoms with Crippen molar-refractivity contribution in [2.45, 2.75) is 12.5 Å². The predicted molar refractivity (Wildman–Crippen MR) is 116 cm³/mol. The molecule has 3 heterocycles. The van der Waals surface area contributed by atoms with E-state index in [2.05, 4.69) is 30.5 Å². The highest BCUT2D eigenvalue weighted by molar-refractivity contribution is 9.10. The Hall–Kier alpha value is -2.90. The van der Waals surface area contributed by atoms with Crippen LogP contribution in [0.15, 0.2) is 65.5 Å². The van der Waals surface area contributed by atoms with Gasteiger partial charge in [0.25, 0.3) is 0 Å². The van der Waals surface area contributed by atoms with E-state index < -0.39 is 0 Å². The number of hydrogen-bond donors (Lipinski definition) is 1. The van der Waals surface area contributed by atoms with Crippen LogP contribution in [-0.4, -0.2) is 27.7 Å². The van der Waals surface area contributed by atoms with E-state index in [4.69, 9.17) is 15.2 Å². The highest BCUT2D eigenvalue weighted by atomic mass is 79.9. The lowest BCUT2D eigenvalue weighted by molar-refractivity contribution is 0.187. The number of nitrogens with two attached hydrogens (primary N) is 1. The maximum Gasteiger partial charge on any atom is 0.147 e. The van der Waals surface area contributed by atoms with E-state index in [0.29, 0.717) is 12.4 Å². The van der Waals surface area contributed by atoms with E-state index >= 15 is 0 Å². The van der Waals surface area contributed by atoms with Gasteiger partial charge >= 0.3 is 0 Å². The minimum absolute atomic E-state index is 0.218. The smallest absolute Gasteiger partial charge is 0.147 e. The number of aromatic nitrogens is 3. The van der Waals surface area contributed by atoms with Gasteiger partial charge in [-0.1, -0.05) is 30.3 Å². The van der Waals surface area contributed by atoms with Crippen molar-refractivity contribution >= 4 is 32.8 Å². The molecule has 1 unspecified atom stereocenters. The quantitative estimate of drug-likeness (QED) is 0.462. The maximum atomic E-state index is 6.27. The summed E-state index contributed by atoms with van der Waals surface area (Å²) in [6, 6.07) is 17.9. The fourth-order valence-corrected chi connectivity index (χ4v) is 4.65. The van der Waals surface area contributed by atoms with E-state index in [9.17, 15) is 0 Å². The minimum Gasteiger partial charge on any atom is -0.457 e. The van der Waals surface area contributed by atoms with Crippen LogP contribution in [0.2, 0.25) is 0 Å².